The average molecular weight is 454 g/mol. The molecule has 5 N–H and O–H groups in total. The van der Waals surface area contributed by atoms with Gasteiger partial charge in [-0.3, -0.25) is 9.78 Å². The number of hydroxylamine groups is 1. The van der Waals surface area contributed by atoms with Crippen molar-refractivity contribution in [3.8, 4) is 11.5 Å². The molecule has 8 heteroatoms. The smallest absolute Gasteiger partial charge is 0.251 e. The van der Waals surface area contributed by atoms with Crippen LogP contribution >= 0.6 is 0 Å². The van der Waals surface area contributed by atoms with Crippen LogP contribution in [0.1, 0.15) is 66.9 Å². The highest BCUT2D eigenvalue weighted by atomic mass is 16.5. The minimum atomic E-state index is -0.163. The van der Waals surface area contributed by atoms with Crippen LogP contribution in [0, 0.1) is 6.92 Å². The van der Waals surface area contributed by atoms with Crippen molar-refractivity contribution < 1.29 is 14.4 Å². The second-order valence-electron chi connectivity index (χ2n) is 7.52. The SMILES string of the molecule is CC.Cc1oc(-c2ccc(C(=O)NCc3cccnc3)cc2)nc1CNO.NC1CCCC1. The van der Waals surface area contributed by atoms with Crippen LogP contribution in [-0.4, -0.2) is 27.1 Å². The Bertz CT molecular complexity index is 952. The third-order valence-corrected chi connectivity index (χ3v) is 5.11. The molecular formula is C25H35N5O3. The van der Waals surface area contributed by atoms with Gasteiger partial charge in [0, 0.05) is 36.1 Å². The number of aromatic nitrogens is 2. The molecule has 0 aliphatic heterocycles. The van der Waals surface area contributed by atoms with Crippen LogP contribution in [0.3, 0.4) is 0 Å². The van der Waals surface area contributed by atoms with Crippen molar-refractivity contribution in [3.05, 3.63) is 71.4 Å². The number of oxazole rings is 1. The van der Waals surface area contributed by atoms with Gasteiger partial charge in [0.25, 0.3) is 5.91 Å². The first-order chi connectivity index (χ1) is 16.1. The normalized spacial score (nSPS) is 12.9. The lowest BCUT2D eigenvalue weighted by atomic mass is 10.1. The number of carbonyl (C=O) groups excluding carboxylic acids is 1. The van der Waals surface area contributed by atoms with Crippen LogP contribution in [0.2, 0.25) is 0 Å². The van der Waals surface area contributed by atoms with Crippen molar-refractivity contribution >= 4 is 5.91 Å². The molecule has 1 aliphatic rings. The standard InChI is InChI=1S/C18H18N4O3.C5H11N.C2H6/c1-12-16(11-21-24)22-18(25-12)15-6-4-14(5-7-15)17(23)20-10-13-3-2-8-19-9-13;6-5-3-1-2-4-5;1-2/h2-9,21,24H,10-11H2,1H3,(H,20,23);5H,1-4,6H2;1-2H3. The highest BCUT2D eigenvalue weighted by Gasteiger charge is 2.12. The van der Waals surface area contributed by atoms with Gasteiger partial charge in [-0.1, -0.05) is 32.8 Å². The minimum Gasteiger partial charge on any atom is -0.441 e. The van der Waals surface area contributed by atoms with E-state index in [1.165, 1.54) is 25.7 Å². The molecule has 0 bridgehead atoms. The van der Waals surface area contributed by atoms with Crippen LogP contribution in [-0.2, 0) is 13.1 Å². The van der Waals surface area contributed by atoms with E-state index < -0.39 is 0 Å². The first-order valence-electron chi connectivity index (χ1n) is 11.4. The molecule has 178 valence electrons. The summed E-state index contributed by atoms with van der Waals surface area (Å²) in [5.41, 5.74) is 10.5. The molecule has 1 aliphatic carbocycles. The Morgan fingerprint density at radius 1 is 1.15 bits per heavy atom. The van der Waals surface area contributed by atoms with E-state index in [9.17, 15) is 4.79 Å². The van der Waals surface area contributed by atoms with Crippen LogP contribution in [0.15, 0.2) is 53.2 Å². The number of nitrogens with zero attached hydrogens (tertiary/aromatic N) is 2. The topological polar surface area (TPSA) is 126 Å². The Hall–Kier alpha value is -3.07. The second kappa shape index (κ2) is 14.2. The molecule has 0 unspecified atom stereocenters. The summed E-state index contributed by atoms with van der Waals surface area (Å²) >= 11 is 0. The quantitative estimate of drug-likeness (QED) is 0.408. The van der Waals surface area contributed by atoms with Crippen LogP contribution in [0.5, 0.6) is 0 Å². The third-order valence-electron chi connectivity index (χ3n) is 5.11. The van der Waals surface area contributed by atoms with Gasteiger partial charge in [0.1, 0.15) is 5.76 Å². The van der Waals surface area contributed by atoms with Crippen LogP contribution in [0.25, 0.3) is 11.5 Å². The molecular weight excluding hydrogens is 418 g/mol. The fourth-order valence-electron chi connectivity index (χ4n) is 3.30. The van der Waals surface area contributed by atoms with E-state index in [2.05, 4.69) is 20.8 Å². The lowest BCUT2D eigenvalue weighted by Crippen LogP contribution is -2.22. The second-order valence-corrected chi connectivity index (χ2v) is 7.52. The Kier molecular flexibility index (Phi) is 11.2. The Labute approximate surface area is 195 Å². The van der Waals surface area contributed by atoms with Crippen molar-refractivity contribution in [1.82, 2.24) is 20.8 Å². The Morgan fingerprint density at radius 3 is 2.39 bits per heavy atom. The fraction of sp³-hybridized carbons (Fsp3) is 0.400. The van der Waals surface area contributed by atoms with E-state index in [1.807, 2.05) is 26.0 Å². The number of rotatable bonds is 6. The molecule has 1 aromatic carbocycles. The fourth-order valence-corrected chi connectivity index (χ4v) is 3.30. The predicted molar refractivity (Wildman–Crippen MR) is 129 cm³/mol. The molecule has 0 radical (unpaired) electrons. The number of aryl methyl sites for hydroxylation is 1. The van der Waals surface area contributed by atoms with Crippen molar-refractivity contribution in [3.63, 3.8) is 0 Å². The van der Waals surface area contributed by atoms with Gasteiger partial charge >= 0.3 is 0 Å². The van der Waals surface area contributed by atoms with Crippen LogP contribution in [0.4, 0.5) is 0 Å². The molecule has 0 spiro atoms. The first-order valence-corrected chi connectivity index (χ1v) is 11.4. The summed E-state index contributed by atoms with van der Waals surface area (Å²) in [6, 6.07) is 11.3. The van der Waals surface area contributed by atoms with Gasteiger partial charge in [-0.15, -0.1) is 0 Å². The lowest BCUT2D eigenvalue weighted by Gasteiger charge is -2.05. The maximum atomic E-state index is 12.2. The van der Waals surface area contributed by atoms with E-state index in [0.717, 1.165) is 11.1 Å². The first kappa shape index (κ1) is 26.2. The largest absolute Gasteiger partial charge is 0.441 e. The zero-order valence-corrected chi connectivity index (χ0v) is 19.7. The van der Waals surface area contributed by atoms with Crippen LogP contribution < -0.4 is 16.5 Å². The summed E-state index contributed by atoms with van der Waals surface area (Å²) in [5.74, 6) is 0.920. The van der Waals surface area contributed by atoms with E-state index in [1.54, 1.807) is 43.6 Å². The molecule has 4 rings (SSSR count). The Morgan fingerprint density at radius 2 is 1.85 bits per heavy atom. The number of carbonyl (C=O) groups is 1. The third kappa shape index (κ3) is 8.42. The molecule has 2 heterocycles. The lowest BCUT2D eigenvalue weighted by molar-refractivity contribution is 0.0951. The maximum absolute atomic E-state index is 12.2. The Balaban J connectivity index is 0.000000411. The molecule has 1 saturated carbocycles. The van der Waals surface area contributed by atoms with E-state index in [0.29, 0.717) is 35.5 Å². The van der Waals surface area contributed by atoms with E-state index >= 15 is 0 Å². The van der Waals surface area contributed by atoms with Gasteiger partial charge in [-0.25, -0.2) is 4.98 Å². The number of pyridine rings is 1. The molecule has 33 heavy (non-hydrogen) atoms. The van der Waals surface area contributed by atoms with Gasteiger partial charge in [0.05, 0.1) is 12.2 Å². The highest BCUT2D eigenvalue weighted by molar-refractivity contribution is 5.94. The van der Waals surface area contributed by atoms with E-state index in [-0.39, 0.29) is 12.5 Å². The molecule has 2 aromatic heterocycles. The van der Waals surface area contributed by atoms with Crippen molar-refractivity contribution in [1.29, 1.82) is 0 Å². The van der Waals surface area contributed by atoms with Gasteiger partial charge in [-0.05, 0) is 55.7 Å². The number of benzene rings is 1. The summed E-state index contributed by atoms with van der Waals surface area (Å²) in [7, 11) is 0. The minimum absolute atomic E-state index is 0.163. The molecule has 3 aromatic rings. The number of hydrogen-bond donors (Lipinski definition) is 4. The molecule has 0 saturated heterocycles. The summed E-state index contributed by atoms with van der Waals surface area (Å²) in [6.45, 7) is 6.42. The number of amides is 1. The van der Waals surface area contributed by atoms with Gasteiger partial charge in [0.2, 0.25) is 5.89 Å². The van der Waals surface area contributed by atoms with Crippen molar-refractivity contribution in [2.45, 2.75) is 65.6 Å². The molecule has 8 nitrogen and oxygen atoms in total. The summed E-state index contributed by atoms with van der Waals surface area (Å²) < 4.78 is 5.59. The molecule has 1 amide bonds. The van der Waals surface area contributed by atoms with Crippen molar-refractivity contribution in [2.24, 2.45) is 5.73 Å². The average Bonchev–Trinajstić information content (AvgIpc) is 3.49. The summed E-state index contributed by atoms with van der Waals surface area (Å²) in [5, 5.41) is 11.6. The van der Waals surface area contributed by atoms with Gasteiger partial charge < -0.3 is 20.7 Å². The zero-order valence-electron chi connectivity index (χ0n) is 19.7. The zero-order chi connectivity index (χ0) is 24.1. The molecule has 1 fully saturated rings. The number of nitrogens with one attached hydrogen (secondary N) is 2. The van der Waals surface area contributed by atoms with Gasteiger partial charge in [0.15, 0.2) is 0 Å². The maximum Gasteiger partial charge on any atom is 0.251 e. The van der Waals surface area contributed by atoms with E-state index in [4.69, 9.17) is 15.4 Å². The highest BCUT2D eigenvalue weighted by Crippen LogP contribution is 2.22. The molecule has 0 atom stereocenters. The predicted octanol–water partition coefficient (Wildman–Crippen LogP) is 4.37. The summed E-state index contributed by atoms with van der Waals surface area (Å²) in [6.07, 6.45) is 8.66. The number of nitrogens with two attached hydrogens (primary N) is 1. The summed E-state index contributed by atoms with van der Waals surface area (Å²) in [4.78, 5) is 20.5. The monoisotopic (exact) mass is 453 g/mol. The van der Waals surface area contributed by atoms with Crippen molar-refractivity contribution in [2.75, 3.05) is 0 Å². The number of hydrogen-bond acceptors (Lipinski definition) is 7. The van der Waals surface area contributed by atoms with Gasteiger partial charge in [-0.2, -0.15) is 5.48 Å².